The Bertz CT molecular complexity index is 229. The van der Waals surface area contributed by atoms with Crippen LogP contribution < -0.4 is 0 Å². The van der Waals surface area contributed by atoms with Gasteiger partial charge in [0.15, 0.2) is 0 Å². The van der Waals surface area contributed by atoms with Crippen LogP contribution in [0, 0.1) is 27.4 Å². The predicted octanol–water partition coefficient (Wildman–Crippen LogP) is 2.48. The highest BCUT2D eigenvalue weighted by Crippen LogP contribution is 2.60. The third-order valence-corrected chi connectivity index (χ3v) is 4.26. The second-order valence-corrected chi connectivity index (χ2v) is 4.71. The van der Waals surface area contributed by atoms with E-state index in [0.717, 1.165) is 18.8 Å². The molecule has 3 atom stereocenters. The molecule has 3 heteroatoms. The van der Waals surface area contributed by atoms with Crippen LogP contribution in [0.15, 0.2) is 0 Å². The first-order valence-electron chi connectivity index (χ1n) is 5.30. The van der Waals surface area contributed by atoms with Crippen molar-refractivity contribution in [3.8, 4) is 0 Å². The fourth-order valence-corrected chi connectivity index (χ4v) is 3.56. The van der Waals surface area contributed by atoms with Crippen molar-refractivity contribution in [2.45, 2.75) is 39.0 Å². The minimum absolute atomic E-state index is 0.0880. The van der Waals surface area contributed by atoms with Crippen molar-refractivity contribution in [3.63, 3.8) is 0 Å². The lowest BCUT2D eigenvalue weighted by Gasteiger charge is -2.49. The van der Waals surface area contributed by atoms with E-state index in [-0.39, 0.29) is 16.9 Å². The molecule has 13 heavy (non-hydrogen) atoms. The highest BCUT2D eigenvalue weighted by atomic mass is 16.6. The maximum atomic E-state index is 10.6. The third-order valence-electron chi connectivity index (χ3n) is 4.26. The van der Waals surface area contributed by atoms with Crippen LogP contribution in [0.25, 0.3) is 0 Å². The molecule has 0 bridgehead atoms. The molecule has 0 saturated heterocycles. The molecule has 0 amide bonds. The number of rotatable bonds is 3. The maximum Gasteiger partial charge on any atom is 0.209 e. The van der Waals surface area contributed by atoms with Gasteiger partial charge in [-0.15, -0.1) is 0 Å². The van der Waals surface area contributed by atoms with Crippen LogP contribution in [-0.4, -0.2) is 11.5 Å². The van der Waals surface area contributed by atoms with E-state index in [1.165, 1.54) is 19.3 Å². The van der Waals surface area contributed by atoms with E-state index in [0.29, 0.717) is 5.92 Å². The minimum Gasteiger partial charge on any atom is -0.265 e. The molecule has 2 saturated carbocycles. The summed E-state index contributed by atoms with van der Waals surface area (Å²) in [6.07, 6.45) is 5.98. The molecule has 2 rings (SSSR count). The summed E-state index contributed by atoms with van der Waals surface area (Å²) < 4.78 is 0. The zero-order valence-electron chi connectivity index (χ0n) is 8.16. The third kappa shape index (κ3) is 1.25. The lowest BCUT2D eigenvalue weighted by atomic mass is 9.54. The van der Waals surface area contributed by atoms with Crippen molar-refractivity contribution < 1.29 is 4.92 Å². The van der Waals surface area contributed by atoms with E-state index in [9.17, 15) is 10.1 Å². The molecule has 2 aliphatic rings. The van der Waals surface area contributed by atoms with Crippen molar-refractivity contribution in [3.05, 3.63) is 10.1 Å². The molecule has 0 heterocycles. The van der Waals surface area contributed by atoms with Gasteiger partial charge in [0.2, 0.25) is 6.54 Å². The average Bonchev–Trinajstić information content (AvgIpc) is 2.43. The molecule has 0 radical (unpaired) electrons. The van der Waals surface area contributed by atoms with Gasteiger partial charge < -0.3 is 0 Å². The lowest BCUT2D eigenvalue weighted by Crippen LogP contribution is -2.49. The first-order chi connectivity index (χ1) is 6.18. The van der Waals surface area contributed by atoms with Gasteiger partial charge in [-0.3, -0.25) is 10.1 Å². The Kier molecular flexibility index (Phi) is 2.05. The summed E-state index contributed by atoms with van der Waals surface area (Å²) in [6.45, 7) is 2.32. The van der Waals surface area contributed by atoms with Crippen LogP contribution in [-0.2, 0) is 0 Å². The molecular formula is C10H17NO2. The molecule has 3 nitrogen and oxygen atoms in total. The smallest absolute Gasteiger partial charge is 0.209 e. The normalized spacial score (nSPS) is 42.5. The first kappa shape index (κ1) is 8.97. The van der Waals surface area contributed by atoms with Gasteiger partial charge in [0.1, 0.15) is 0 Å². The van der Waals surface area contributed by atoms with Gasteiger partial charge in [-0.05, 0) is 31.1 Å². The first-order valence-corrected chi connectivity index (χ1v) is 5.30. The minimum atomic E-state index is -0.113. The summed E-state index contributed by atoms with van der Waals surface area (Å²) >= 11 is 0. The van der Waals surface area contributed by atoms with E-state index in [1.807, 2.05) is 0 Å². The van der Waals surface area contributed by atoms with Crippen LogP contribution in [0.4, 0.5) is 0 Å². The van der Waals surface area contributed by atoms with Gasteiger partial charge in [0, 0.05) is 10.3 Å². The largest absolute Gasteiger partial charge is 0.265 e. The van der Waals surface area contributed by atoms with Crippen LogP contribution in [0.1, 0.15) is 39.0 Å². The van der Waals surface area contributed by atoms with Crippen LogP contribution in [0.5, 0.6) is 0 Å². The van der Waals surface area contributed by atoms with E-state index >= 15 is 0 Å². The Balaban J connectivity index is 2.05. The van der Waals surface area contributed by atoms with Crippen LogP contribution >= 0.6 is 0 Å². The maximum absolute atomic E-state index is 10.6. The zero-order valence-corrected chi connectivity index (χ0v) is 8.16. The Morgan fingerprint density at radius 1 is 1.54 bits per heavy atom. The summed E-state index contributed by atoms with van der Waals surface area (Å²) in [6, 6.07) is 0. The molecule has 74 valence electrons. The summed E-state index contributed by atoms with van der Waals surface area (Å²) in [5.41, 5.74) is 0.0880. The Hall–Kier alpha value is -0.600. The van der Waals surface area contributed by atoms with Crippen molar-refractivity contribution in [1.82, 2.24) is 0 Å². The monoisotopic (exact) mass is 183 g/mol. The van der Waals surface area contributed by atoms with Gasteiger partial charge in [0.05, 0.1) is 0 Å². The second kappa shape index (κ2) is 2.96. The quantitative estimate of drug-likeness (QED) is 0.498. The van der Waals surface area contributed by atoms with Crippen molar-refractivity contribution in [2.75, 3.05) is 6.54 Å². The Morgan fingerprint density at radius 3 is 2.85 bits per heavy atom. The predicted molar refractivity (Wildman–Crippen MR) is 50.0 cm³/mol. The van der Waals surface area contributed by atoms with Crippen LogP contribution in [0.3, 0.4) is 0 Å². The Morgan fingerprint density at radius 2 is 2.31 bits per heavy atom. The zero-order chi connectivity index (χ0) is 9.47. The summed E-state index contributed by atoms with van der Waals surface area (Å²) in [7, 11) is 0. The van der Waals surface area contributed by atoms with Crippen molar-refractivity contribution in [1.29, 1.82) is 0 Å². The number of fused-ring (bicyclic) bond motifs is 1. The molecule has 0 aliphatic heterocycles. The molecule has 2 aliphatic carbocycles. The fraction of sp³-hybridized carbons (Fsp3) is 1.00. The second-order valence-electron chi connectivity index (χ2n) is 4.71. The van der Waals surface area contributed by atoms with Gasteiger partial charge in [-0.2, -0.15) is 0 Å². The summed E-state index contributed by atoms with van der Waals surface area (Å²) in [5, 5.41) is 10.6. The van der Waals surface area contributed by atoms with Crippen LogP contribution in [0.2, 0.25) is 0 Å². The van der Waals surface area contributed by atoms with Gasteiger partial charge in [-0.25, -0.2) is 0 Å². The fourth-order valence-electron chi connectivity index (χ4n) is 3.56. The number of hydrogen-bond donors (Lipinski definition) is 0. The molecular weight excluding hydrogens is 166 g/mol. The molecule has 0 N–H and O–H groups in total. The van der Waals surface area contributed by atoms with E-state index in [2.05, 4.69) is 6.92 Å². The molecule has 0 unspecified atom stereocenters. The molecule has 0 spiro atoms. The highest BCUT2D eigenvalue weighted by molar-refractivity contribution is 5.03. The lowest BCUT2D eigenvalue weighted by molar-refractivity contribution is -0.507. The standard InChI is InChI=1S/C10H17NO2/c1-2-10(7-11(12)13)6-8-4-3-5-9(8)10/h8-9H,2-7H2,1H3/t8-,9-,10+/m1/s1. The average molecular weight is 183 g/mol. The Labute approximate surface area is 78.7 Å². The van der Waals surface area contributed by atoms with Gasteiger partial charge in [0.25, 0.3) is 0 Å². The van der Waals surface area contributed by atoms with E-state index < -0.39 is 0 Å². The van der Waals surface area contributed by atoms with Crippen molar-refractivity contribution >= 4 is 0 Å². The topological polar surface area (TPSA) is 43.1 Å². The molecule has 0 aromatic heterocycles. The van der Waals surface area contributed by atoms with E-state index in [4.69, 9.17) is 0 Å². The van der Waals surface area contributed by atoms with Gasteiger partial charge >= 0.3 is 0 Å². The molecule has 0 aromatic carbocycles. The highest BCUT2D eigenvalue weighted by Gasteiger charge is 2.56. The molecule has 2 fully saturated rings. The number of nitrogens with zero attached hydrogens (tertiary/aromatic N) is 1. The number of nitro groups is 1. The van der Waals surface area contributed by atoms with Gasteiger partial charge in [-0.1, -0.05) is 19.8 Å². The molecule has 0 aromatic rings. The number of hydrogen-bond acceptors (Lipinski definition) is 2. The summed E-state index contributed by atoms with van der Waals surface area (Å²) in [5.74, 6) is 1.52. The van der Waals surface area contributed by atoms with E-state index in [1.54, 1.807) is 0 Å². The summed E-state index contributed by atoms with van der Waals surface area (Å²) in [4.78, 5) is 10.4. The van der Waals surface area contributed by atoms with Crippen molar-refractivity contribution in [2.24, 2.45) is 17.3 Å². The SMILES string of the molecule is CC[C@@]1(C[N+](=O)[O-])C[C@H]2CCC[C@H]21.